The molecule has 2 N–H and O–H groups in total. The molecule has 0 aliphatic rings. The van der Waals surface area contributed by atoms with Gasteiger partial charge in [-0.2, -0.15) is 4.68 Å². The number of hydrogen-bond donors (Lipinski definition) is 2. The van der Waals surface area contributed by atoms with Crippen LogP contribution >= 0.6 is 12.4 Å². The first kappa shape index (κ1) is 19.8. The van der Waals surface area contributed by atoms with Crippen molar-refractivity contribution in [3.05, 3.63) is 60.2 Å². The maximum Gasteiger partial charge on any atom is 0.345 e. The van der Waals surface area contributed by atoms with E-state index in [2.05, 4.69) is 20.8 Å². The lowest BCUT2D eigenvalue weighted by atomic mass is 10.1. The molecule has 0 aliphatic carbocycles. The zero-order chi connectivity index (χ0) is 17.7. The van der Waals surface area contributed by atoms with Crippen molar-refractivity contribution < 1.29 is 9.84 Å². The average molecular weight is 376 g/mol. The minimum absolute atomic E-state index is 0. The van der Waals surface area contributed by atoms with E-state index < -0.39 is 0 Å². The van der Waals surface area contributed by atoms with Gasteiger partial charge >= 0.3 is 6.01 Å². The van der Waals surface area contributed by atoms with Crippen LogP contribution in [0.4, 0.5) is 0 Å². The Hall–Kier alpha value is -2.48. The van der Waals surface area contributed by atoms with Crippen LogP contribution in [-0.2, 0) is 6.54 Å². The number of benzene rings is 2. The molecule has 1 heterocycles. The molecule has 8 heteroatoms. The zero-order valence-corrected chi connectivity index (χ0v) is 15.5. The van der Waals surface area contributed by atoms with Gasteiger partial charge in [0, 0.05) is 12.1 Å². The van der Waals surface area contributed by atoms with Crippen LogP contribution in [0.25, 0.3) is 5.69 Å². The molecule has 0 saturated carbocycles. The van der Waals surface area contributed by atoms with Gasteiger partial charge in [0.25, 0.3) is 0 Å². The third-order valence-electron chi connectivity index (χ3n) is 3.72. The van der Waals surface area contributed by atoms with Crippen LogP contribution in [0.3, 0.4) is 0 Å². The molecule has 3 rings (SSSR count). The van der Waals surface area contributed by atoms with Crippen LogP contribution in [0.1, 0.15) is 19.4 Å². The number of halogens is 1. The van der Waals surface area contributed by atoms with E-state index >= 15 is 0 Å². The van der Waals surface area contributed by atoms with Crippen LogP contribution in [0.2, 0.25) is 0 Å². The number of nitrogens with zero attached hydrogens (tertiary/aromatic N) is 4. The summed E-state index contributed by atoms with van der Waals surface area (Å²) in [5.41, 5.74) is 1.52. The van der Waals surface area contributed by atoms with E-state index in [4.69, 9.17) is 4.74 Å². The summed E-state index contributed by atoms with van der Waals surface area (Å²) in [5, 5.41) is 24.2. The molecule has 0 fully saturated rings. The summed E-state index contributed by atoms with van der Waals surface area (Å²) in [5.74, 6) is 0.646. The molecule has 3 aromatic rings. The molecular formula is C18H22ClN5O2. The SMILES string of the molecule is CC(C)(CO)NCc1cccc(Oc2nnnn2-c2ccccc2)c1.Cl. The van der Waals surface area contributed by atoms with E-state index in [0.29, 0.717) is 18.3 Å². The summed E-state index contributed by atoms with van der Waals surface area (Å²) < 4.78 is 7.39. The first-order valence-electron chi connectivity index (χ1n) is 8.04. The standard InChI is InChI=1S/C18H21N5O2.ClH/c1-18(2,13-24)19-12-14-7-6-10-16(11-14)25-17-20-21-22-23(17)15-8-4-3-5-9-15;/h3-11,19,24H,12-13H2,1-2H3;1H. The van der Waals surface area contributed by atoms with Gasteiger partial charge in [0.2, 0.25) is 0 Å². The monoisotopic (exact) mass is 375 g/mol. The highest BCUT2D eigenvalue weighted by atomic mass is 35.5. The van der Waals surface area contributed by atoms with Crippen molar-refractivity contribution in [1.29, 1.82) is 0 Å². The molecule has 1 aromatic heterocycles. The molecule has 0 unspecified atom stereocenters. The summed E-state index contributed by atoms with van der Waals surface area (Å²) >= 11 is 0. The molecule has 7 nitrogen and oxygen atoms in total. The normalized spacial score (nSPS) is 11.0. The average Bonchev–Trinajstić information content (AvgIpc) is 3.09. The number of aliphatic hydroxyl groups is 1. The van der Waals surface area contributed by atoms with Crippen molar-refractivity contribution in [2.75, 3.05) is 6.61 Å². The van der Waals surface area contributed by atoms with Gasteiger partial charge in [0.15, 0.2) is 0 Å². The summed E-state index contributed by atoms with van der Waals surface area (Å²) in [4.78, 5) is 0. The van der Waals surface area contributed by atoms with Crippen LogP contribution in [0.15, 0.2) is 54.6 Å². The Bertz CT molecular complexity index is 823. The molecule has 0 radical (unpaired) electrons. The second kappa shape index (κ2) is 8.75. The second-order valence-corrected chi connectivity index (χ2v) is 6.35. The number of nitrogens with one attached hydrogen (secondary N) is 1. The molecule has 26 heavy (non-hydrogen) atoms. The number of rotatable bonds is 7. The Morgan fingerprint density at radius 3 is 2.62 bits per heavy atom. The number of tetrazole rings is 1. The minimum atomic E-state index is -0.339. The van der Waals surface area contributed by atoms with E-state index in [9.17, 15) is 5.11 Å². The molecule has 0 bridgehead atoms. The quantitative estimate of drug-likeness (QED) is 0.660. The smallest absolute Gasteiger partial charge is 0.345 e. The maximum atomic E-state index is 9.32. The van der Waals surface area contributed by atoms with E-state index in [1.807, 2.05) is 68.4 Å². The highest BCUT2D eigenvalue weighted by Crippen LogP contribution is 2.22. The Morgan fingerprint density at radius 2 is 1.88 bits per heavy atom. The Morgan fingerprint density at radius 1 is 1.12 bits per heavy atom. The Labute approximate surface area is 158 Å². The van der Waals surface area contributed by atoms with Crippen molar-refractivity contribution in [3.63, 3.8) is 0 Å². The zero-order valence-electron chi connectivity index (χ0n) is 14.7. The molecular weight excluding hydrogens is 354 g/mol. The van der Waals surface area contributed by atoms with Crippen LogP contribution in [0, 0.1) is 0 Å². The highest BCUT2D eigenvalue weighted by Gasteiger charge is 2.15. The number of para-hydroxylation sites is 1. The second-order valence-electron chi connectivity index (χ2n) is 6.35. The Kier molecular flexibility index (Phi) is 6.68. The summed E-state index contributed by atoms with van der Waals surface area (Å²) in [6, 6.07) is 17.5. The highest BCUT2D eigenvalue weighted by molar-refractivity contribution is 5.85. The van der Waals surface area contributed by atoms with Crippen molar-refractivity contribution in [3.8, 4) is 17.4 Å². The van der Waals surface area contributed by atoms with Gasteiger partial charge in [-0.3, -0.25) is 0 Å². The van der Waals surface area contributed by atoms with Crippen molar-refractivity contribution in [2.24, 2.45) is 0 Å². The van der Waals surface area contributed by atoms with Crippen molar-refractivity contribution in [1.82, 2.24) is 25.5 Å². The molecule has 0 saturated heterocycles. The van der Waals surface area contributed by atoms with Gasteiger partial charge < -0.3 is 15.2 Å². The molecule has 0 atom stereocenters. The lowest BCUT2D eigenvalue weighted by Crippen LogP contribution is -2.42. The van der Waals surface area contributed by atoms with E-state index in [1.54, 1.807) is 4.68 Å². The topological polar surface area (TPSA) is 85.1 Å². The Balaban J connectivity index is 0.00000243. The summed E-state index contributed by atoms with van der Waals surface area (Å²) in [6.45, 7) is 4.58. The number of ether oxygens (including phenoxy) is 1. The van der Waals surface area contributed by atoms with Crippen molar-refractivity contribution in [2.45, 2.75) is 25.9 Å². The van der Waals surface area contributed by atoms with Gasteiger partial charge in [-0.05, 0) is 54.1 Å². The van der Waals surface area contributed by atoms with Gasteiger partial charge in [0.05, 0.1) is 12.3 Å². The largest absolute Gasteiger partial charge is 0.423 e. The number of aliphatic hydroxyl groups excluding tert-OH is 1. The van der Waals surface area contributed by atoms with Gasteiger partial charge in [0.1, 0.15) is 5.75 Å². The maximum absolute atomic E-state index is 9.32. The molecule has 2 aromatic carbocycles. The lowest BCUT2D eigenvalue weighted by molar-refractivity contribution is 0.187. The van der Waals surface area contributed by atoms with Crippen LogP contribution < -0.4 is 10.1 Å². The molecule has 0 spiro atoms. The van der Waals surface area contributed by atoms with E-state index in [1.165, 1.54) is 0 Å². The first-order valence-corrected chi connectivity index (χ1v) is 8.04. The first-order chi connectivity index (χ1) is 12.1. The predicted octanol–water partition coefficient (Wildman–Crippen LogP) is 2.74. The number of hydrogen-bond acceptors (Lipinski definition) is 6. The van der Waals surface area contributed by atoms with Crippen LogP contribution in [0.5, 0.6) is 11.8 Å². The number of aromatic nitrogens is 4. The molecule has 0 amide bonds. The third kappa shape index (κ3) is 5.01. The summed E-state index contributed by atoms with van der Waals surface area (Å²) in [7, 11) is 0. The van der Waals surface area contributed by atoms with Gasteiger partial charge in [-0.1, -0.05) is 35.4 Å². The van der Waals surface area contributed by atoms with E-state index in [0.717, 1.165) is 11.3 Å². The predicted molar refractivity (Wildman–Crippen MR) is 101 cm³/mol. The minimum Gasteiger partial charge on any atom is -0.423 e. The van der Waals surface area contributed by atoms with Crippen molar-refractivity contribution >= 4 is 12.4 Å². The fraction of sp³-hybridized carbons (Fsp3) is 0.278. The molecule has 0 aliphatic heterocycles. The lowest BCUT2D eigenvalue weighted by Gasteiger charge is -2.23. The third-order valence-corrected chi connectivity index (χ3v) is 3.72. The van der Waals surface area contributed by atoms with Gasteiger partial charge in [-0.15, -0.1) is 12.4 Å². The fourth-order valence-corrected chi connectivity index (χ4v) is 2.20. The van der Waals surface area contributed by atoms with Crippen LogP contribution in [-0.4, -0.2) is 37.5 Å². The molecule has 138 valence electrons. The fourth-order valence-electron chi connectivity index (χ4n) is 2.20. The van der Waals surface area contributed by atoms with E-state index in [-0.39, 0.29) is 24.6 Å². The summed E-state index contributed by atoms with van der Waals surface area (Å²) in [6.07, 6.45) is 0. The van der Waals surface area contributed by atoms with Gasteiger partial charge in [-0.25, -0.2) is 0 Å².